The number of aromatic nitrogens is 4. The van der Waals surface area contributed by atoms with Crippen LogP contribution in [0, 0.1) is 19.8 Å². The first-order valence-electron chi connectivity index (χ1n) is 8.33. The number of rotatable bonds is 3. The second kappa shape index (κ2) is 5.47. The zero-order chi connectivity index (χ0) is 16.8. The molecule has 0 saturated heterocycles. The van der Waals surface area contributed by atoms with Crippen molar-refractivity contribution in [1.82, 2.24) is 18.7 Å². The van der Waals surface area contributed by atoms with Crippen molar-refractivity contribution in [3.05, 3.63) is 62.6 Å². The van der Waals surface area contributed by atoms with Crippen LogP contribution in [0.15, 0.2) is 40.2 Å². The monoisotopic (exact) mass is 324 g/mol. The third-order valence-corrected chi connectivity index (χ3v) is 5.07. The number of benzene rings is 1. The van der Waals surface area contributed by atoms with Gasteiger partial charge in [-0.25, -0.2) is 13.9 Å². The van der Waals surface area contributed by atoms with E-state index < -0.39 is 0 Å². The maximum Gasteiger partial charge on any atom is 0.350 e. The Morgan fingerprint density at radius 2 is 1.92 bits per heavy atom. The summed E-state index contributed by atoms with van der Waals surface area (Å²) in [6, 6.07) is 5.86. The van der Waals surface area contributed by atoms with E-state index in [0.717, 1.165) is 24.1 Å². The minimum Gasteiger partial charge on any atom is -0.280 e. The fourth-order valence-corrected chi connectivity index (χ4v) is 3.13. The summed E-state index contributed by atoms with van der Waals surface area (Å²) < 4.78 is 4.33. The molecule has 0 atom stereocenters. The quantitative estimate of drug-likeness (QED) is 0.741. The maximum atomic E-state index is 12.8. The number of hydrogen-bond acceptors (Lipinski definition) is 3. The Bertz CT molecular complexity index is 1040. The topological polar surface area (TPSA) is 61.3 Å². The average molecular weight is 324 g/mol. The lowest BCUT2D eigenvalue weighted by atomic mass is 9.86. The molecule has 6 nitrogen and oxygen atoms in total. The zero-order valence-electron chi connectivity index (χ0n) is 13.9. The van der Waals surface area contributed by atoms with Gasteiger partial charge in [0.05, 0.1) is 0 Å². The predicted molar refractivity (Wildman–Crippen MR) is 91.9 cm³/mol. The van der Waals surface area contributed by atoms with Gasteiger partial charge in [0.15, 0.2) is 0 Å². The van der Waals surface area contributed by atoms with Gasteiger partial charge in [0, 0.05) is 24.6 Å². The van der Waals surface area contributed by atoms with Crippen LogP contribution >= 0.6 is 0 Å². The summed E-state index contributed by atoms with van der Waals surface area (Å²) >= 11 is 0. The van der Waals surface area contributed by atoms with E-state index in [1.807, 2.05) is 32.0 Å². The van der Waals surface area contributed by atoms with Crippen molar-refractivity contribution in [2.45, 2.75) is 39.7 Å². The highest BCUT2D eigenvalue weighted by atomic mass is 16.2. The Morgan fingerprint density at radius 3 is 2.58 bits per heavy atom. The molecule has 1 fully saturated rings. The fourth-order valence-electron chi connectivity index (χ4n) is 3.13. The molecule has 4 rings (SSSR count). The highest BCUT2D eigenvalue weighted by Gasteiger charge is 2.21. The molecule has 24 heavy (non-hydrogen) atoms. The van der Waals surface area contributed by atoms with E-state index in [1.54, 1.807) is 17.0 Å². The Balaban J connectivity index is 1.83. The van der Waals surface area contributed by atoms with Crippen molar-refractivity contribution < 1.29 is 0 Å². The molecule has 0 spiro atoms. The minimum absolute atomic E-state index is 0.181. The molecule has 0 unspecified atom stereocenters. The van der Waals surface area contributed by atoms with Crippen molar-refractivity contribution in [1.29, 1.82) is 0 Å². The molecule has 1 aromatic carbocycles. The number of fused-ring (bicyclic) bond motifs is 1. The average Bonchev–Trinajstić information content (AvgIpc) is 2.84. The van der Waals surface area contributed by atoms with Gasteiger partial charge in [0.1, 0.15) is 0 Å². The first-order chi connectivity index (χ1) is 11.5. The van der Waals surface area contributed by atoms with E-state index in [0.29, 0.717) is 12.5 Å². The first kappa shape index (κ1) is 14.9. The van der Waals surface area contributed by atoms with Crippen LogP contribution in [0.1, 0.15) is 30.4 Å². The molecule has 0 bridgehead atoms. The Kier molecular flexibility index (Phi) is 3.40. The molecular weight excluding hydrogens is 304 g/mol. The van der Waals surface area contributed by atoms with Crippen LogP contribution in [0.25, 0.3) is 11.3 Å². The van der Waals surface area contributed by atoms with E-state index in [4.69, 9.17) is 0 Å². The van der Waals surface area contributed by atoms with Crippen LogP contribution in [0.4, 0.5) is 0 Å². The molecule has 1 saturated carbocycles. The van der Waals surface area contributed by atoms with Gasteiger partial charge in [-0.2, -0.15) is 0 Å². The lowest BCUT2D eigenvalue weighted by Gasteiger charge is -2.24. The molecule has 1 aliphatic rings. The molecule has 2 heterocycles. The standard InChI is InChI=1S/C18H20N4O2/c1-12-6-7-15(10-13(12)2)20-8-9-21-16(17(20)23)19-22(18(21)24)11-14-4-3-5-14/h6-10,14H,3-5,11H2,1-2H3. The summed E-state index contributed by atoms with van der Waals surface area (Å²) in [6.45, 7) is 4.65. The van der Waals surface area contributed by atoms with E-state index in [1.165, 1.54) is 21.1 Å². The zero-order valence-corrected chi connectivity index (χ0v) is 13.9. The van der Waals surface area contributed by atoms with Crippen LogP contribution in [0.3, 0.4) is 0 Å². The smallest absolute Gasteiger partial charge is 0.280 e. The molecular formula is C18H20N4O2. The molecule has 0 aliphatic heterocycles. The van der Waals surface area contributed by atoms with E-state index in [2.05, 4.69) is 5.10 Å². The van der Waals surface area contributed by atoms with Crippen LogP contribution in [0.2, 0.25) is 0 Å². The van der Waals surface area contributed by atoms with E-state index in [-0.39, 0.29) is 16.9 Å². The highest BCUT2D eigenvalue weighted by molar-refractivity contribution is 5.43. The van der Waals surface area contributed by atoms with Crippen LogP contribution in [-0.4, -0.2) is 18.7 Å². The lowest BCUT2D eigenvalue weighted by Crippen LogP contribution is -2.28. The minimum atomic E-state index is -0.273. The third-order valence-electron chi connectivity index (χ3n) is 5.07. The summed E-state index contributed by atoms with van der Waals surface area (Å²) in [5, 5.41) is 4.29. The predicted octanol–water partition coefficient (Wildman–Crippen LogP) is 2.06. The normalized spacial score (nSPS) is 14.9. The van der Waals surface area contributed by atoms with Gasteiger partial charge < -0.3 is 0 Å². The third kappa shape index (κ3) is 2.29. The molecule has 2 aromatic heterocycles. The molecule has 0 radical (unpaired) electrons. The van der Waals surface area contributed by atoms with E-state index in [9.17, 15) is 9.59 Å². The van der Waals surface area contributed by atoms with Gasteiger partial charge in [-0.05, 0) is 55.9 Å². The summed E-state index contributed by atoms with van der Waals surface area (Å²) in [7, 11) is 0. The number of nitrogens with zero attached hydrogens (tertiary/aromatic N) is 4. The molecule has 6 heteroatoms. The molecule has 124 valence electrons. The van der Waals surface area contributed by atoms with Crippen molar-refractivity contribution in [2.75, 3.05) is 0 Å². The maximum absolute atomic E-state index is 12.8. The molecule has 0 N–H and O–H groups in total. The van der Waals surface area contributed by atoms with Gasteiger partial charge in [0.2, 0.25) is 5.65 Å². The van der Waals surface area contributed by atoms with E-state index >= 15 is 0 Å². The van der Waals surface area contributed by atoms with Crippen LogP contribution < -0.4 is 11.2 Å². The van der Waals surface area contributed by atoms with Crippen molar-refractivity contribution in [2.24, 2.45) is 5.92 Å². The fraction of sp³-hybridized carbons (Fsp3) is 0.389. The van der Waals surface area contributed by atoms with Gasteiger partial charge in [-0.15, -0.1) is 5.10 Å². The first-order valence-corrected chi connectivity index (χ1v) is 8.33. The molecule has 3 aromatic rings. The lowest BCUT2D eigenvalue weighted by molar-refractivity contribution is 0.263. The van der Waals surface area contributed by atoms with Gasteiger partial charge in [0.25, 0.3) is 0 Å². The SMILES string of the molecule is Cc1ccc(-n2ccn3c(=O)n(CC4CCC4)nc3c2=O)cc1C. The van der Waals surface area contributed by atoms with Gasteiger partial charge in [-0.1, -0.05) is 12.5 Å². The number of aryl methyl sites for hydroxylation is 2. The highest BCUT2D eigenvalue weighted by Crippen LogP contribution is 2.27. The van der Waals surface area contributed by atoms with Crippen molar-refractivity contribution >= 4 is 5.65 Å². The second-order valence-electron chi connectivity index (χ2n) is 6.70. The molecule has 0 amide bonds. The Labute approximate surface area is 139 Å². The molecule has 1 aliphatic carbocycles. The Morgan fingerprint density at radius 1 is 1.12 bits per heavy atom. The summed E-state index contributed by atoms with van der Waals surface area (Å²) in [6.07, 6.45) is 6.74. The second-order valence-corrected chi connectivity index (χ2v) is 6.70. The largest absolute Gasteiger partial charge is 0.350 e. The van der Waals surface area contributed by atoms with Crippen LogP contribution in [-0.2, 0) is 6.54 Å². The van der Waals surface area contributed by atoms with Crippen molar-refractivity contribution in [3.8, 4) is 5.69 Å². The number of hydrogen-bond donors (Lipinski definition) is 0. The summed E-state index contributed by atoms with van der Waals surface area (Å²) in [5.41, 5.74) is 2.75. The summed E-state index contributed by atoms with van der Waals surface area (Å²) in [5.74, 6) is 0.509. The van der Waals surface area contributed by atoms with Gasteiger partial charge >= 0.3 is 11.2 Å². The van der Waals surface area contributed by atoms with Crippen molar-refractivity contribution in [3.63, 3.8) is 0 Å². The van der Waals surface area contributed by atoms with Gasteiger partial charge in [-0.3, -0.25) is 9.36 Å². The van der Waals surface area contributed by atoms with Crippen LogP contribution in [0.5, 0.6) is 0 Å². The summed E-state index contributed by atoms with van der Waals surface area (Å²) in [4.78, 5) is 25.2. The Hall–Kier alpha value is -2.63.